The van der Waals surface area contributed by atoms with E-state index < -0.39 is 0 Å². The van der Waals surface area contributed by atoms with Gasteiger partial charge in [0.15, 0.2) is 0 Å². The molecule has 0 aliphatic heterocycles. The first kappa shape index (κ1) is 10.3. The van der Waals surface area contributed by atoms with Gasteiger partial charge < -0.3 is 0 Å². The van der Waals surface area contributed by atoms with Gasteiger partial charge in [0.1, 0.15) is 0 Å². The van der Waals surface area contributed by atoms with E-state index in [1.807, 2.05) is 18.2 Å². The summed E-state index contributed by atoms with van der Waals surface area (Å²) in [5.74, 6) is -0.191. The molecule has 0 bridgehead atoms. The van der Waals surface area contributed by atoms with Crippen molar-refractivity contribution in [3.05, 3.63) is 30.3 Å². The summed E-state index contributed by atoms with van der Waals surface area (Å²) in [5, 5.41) is 0.955. The quantitative estimate of drug-likeness (QED) is 0.448. The second kappa shape index (κ2) is 5.79. The standard InChI is InChI=1S/C10H12O2Se/c1-9(11)12-7-8-13-10-5-3-2-4-6-10/h2-6H,7-8H2,1H3. The van der Waals surface area contributed by atoms with Crippen LogP contribution >= 0.6 is 0 Å². The van der Waals surface area contributed by atoms with E-state index in [2.05, 4.69) is 12.1 Å². The Kier molecular flexibility index (Phi) is 4.58. The molecule has 70 valence electrons. The van der Waals surface area contributed by atoms with Crippen molar-refractivity contribution in [2.24, 2.45) is 0 Å². The van der Waals surface area contributed by atoms with Gasteiger partial charge in [0.05, 0.1) is 0 Å². The molecule has 0 aromatic heterocycles. The maximum atomic E-state index is 10.4. The van der Waals surface area contributed by atoms with Crippen molar-refractivity contribution in [1.29, 1.82) is 0 Å². The van der Waals surface area contributed by atoms with Crippen LogP contribution in [0.1, 0.15) is 6.92 Å². The molecule has 1 aromatic carbocycles. The van der Waals surface area contributed by atoms with Crippen molar-refractivity contribution >= 4 is 25.4 Å². The number of carbonyl (C=O) groups is 1. The van der Waals surface area contributed by atoms with Crippen molar-refractivity contribution < 1.29 is 9.53 Å². The van der Waals surface area contributed by atoms with Crippen LogP contribution in [0.15, 0.2) is 30.3 Å². The molecule has 13 heavy (non-hydrogen) atoms. The number of hydrogen-bond donors (Lipinski definition) is 0. The van der Waals surface area contributed by atoms with Gasteiger partial charge in [-0.1, -0.05) is 0 Å². The number of ether oxygens (including phenoxy) is 1. The van der Waals surface area contributed by atoms with E-state index in [0.717, 1.165) is 5.32 Å². The van der Waals surface area contributed by atoms with Gasteiger partial charge in [0.25, 0.3) is 0 Å². The second-order valence-corrected chi connectivity index (χ2v) is 4.95. The average Bonchev–Trinajstić information content (AvgIpc) is 2.14. The molecule has 0 aliphatic carbocycles. The van der Waals surface area contributed by atoms with E-state index in [1.165, 1.54) is 11.4 Å². The van der Waals surface area contributed by atoms with Crippen molar-refractivity contribution in [3.63, 3.8) is 0 Å². The molecule has 0 spiro atoms. The summed E-state index contributed by atoms with van der Waals surface area (Å²) in [5.41, 5.74) is 0. The predicted molar refractivity (Wildman–Crippen MR) is 53.3 cm³/mol. The zero-order valence-electron chi connectivity index (χ0n) is 7.53. The van der Waals surface area contributed by atoms with Crippen molar-refractivity contribution in [1.82, 2.24) is 0 Å². The SMILES string of the molecule is CC(=O)OCC[Se]c1ccccc1. The van der Waals surface area contributed by atoms with E-state index in [4.69, 9.17) is 4.74 Å². The number of benzene rings is 1. The minimum absolute atomic E-state index is 0.191. The second-order valence-electron chi connectivity index (χ2n) is 2.50. The van der Waals surface area contributed by atoms with Crippen LogP contribution in [0.3, 0.4) is 0 Å². The zero-order valence-corrected chi connectivity index (χ0v) is 9.24. The molecule has 0 heterocycles. The van der Waals surface area contributed by atoms with Gasteiger partial charge in [0.2, 0.25) is 0 Å². The van der Waals surface area contributed by atoms with Crippen LogP contribution in [0.2, 0.25) is 5.32 Å². The number of hydrogen-bond acceptors (Lipinski definition) is 2. The molecule has 0 aliphatic rings. The van der Waals surface area contributed by atoms with Gasteiger partial charge in [0, 0.05) is 0 Å². The summed E-state index contributed by atoms with van der Waals surface area (Å²) in [6.07, 6.45) is 0. The Balaban J connectivity index is 2.17. The van der Waals surface area contributed by atoms with Crippen LogP contribution in [-0.4, -0.2) is 27.5 Å². The van der Waals surface area contributed by atoms with Gasteiger partial charge in [-0.15, -0.1) is 0 Å². The van der Waals surface area contributed by atoms with E-state index in [9.17, 15) is 4.79 Å². The maximum absolute atomic E-state index is 10.4. The molecule has 0 atom stereocenters. The molecule has 3 heteroatoms. The molecule has 0 amide bonds. The molecule has 0 saturated carbocycles. The molecular formula is C10H12O2Se. The van der Waals surface area contributed by atoms with Crippen LogP contribution in [0.25, 0.3) is 0 Å². The van der Waals surface area contributed by atoms with Crippen molar-refractivity contribution in [3.8, 4) is 0 Å². The van der Waals surface area contributed by atoms with Crippen LogP contribution in [0.4, 0.5) is 0 Å². The van der Waals surface area contributed by atoms with Gasteiger partial charge >= 0.3 is 84.1 Å². The number of esters is 1. The fourth-order valence-corrected chi connectivity index (χ4v) is 2.44. The van der Waals surface area contributed by atoms with Gasteiger partial charge in [-0.05, 0) is 0 Å². The molecule has 0 radical (unpaired) electrons. The molecule has 0 unspecified atom stereocenters. The summed E-state index contributed by atoms with van der Waals surface area (Å²) in [7, 11) is 0. The van der Waals surface area contributed by atoms with E-state index in [-0.39, 0.29) is 5.97 Å². The molecule has 1 aromatic rings. The van der Waals surface area contributed by atoms with E-state index in [1.54, 1.807) is 0 Å². The normalized spacial score (nSPS) is 9.62. The fourth-order valence-electron chi connectivity index (χ4n) is 0.862. The summed E-state index contributed by atoms with van der Waals surface area (Å²) in [6, 6.07) is 10.3. The van der Waals surface area contributed by atoms with E-state index >= 15 is 0 Å². The Hall–Kier alpha value is -0.791. The topological polar surface area (TPSA) is 26.3 Å². The molecule has 2 nitrogen and oxygen atoms in total. The van der Waals surface area contributed by atoms with Crippen LogP contribution < -0.4 is 4.46 Å². The third-order valence-corrected chi connectivity index (χ3v) is 3.45. The first-order valence-electron chi connectivity index (χ1n) is 4.10. The van der Waals surface area contributed by atoms with Crippen LogP contribution in [0.5, 0.6) is 0 Å². The third-order valence-electron chi connectivity index (χ3n) is 1.40. The Morgan fingerprint density at radius 1 is 1.38 bits per heavy atom. The Labute approximate surface area is 84.4 Å². The van der Waals surface area contributed by atoms with Crippen molar-refractivity contribution in [2.45, 2.75) is 12.2 Å². The Morgan fingerprint density at radius 3 is 2.69 bits per heavy atom. The fraction of sp³-hybridized carbons (Fsp3) is 0.300. The van der Waals surface area contributed by atoms with Crippen LogP contribution in [-0.2, 0) is 9.53 Å². The van der Waals surface area contributed by atoms with Crippen molar-refractivity contribution in [2.75, 3.05) is 6.61 Å². The minimum atomic E-state index is -0.191. The first-order valence-corrected chi connectivity index (χ1v) is 6.17. The van der Waals surface area contributed by atoms with E-state index in [0.29, 0.717) is 21.6 Å². The summed E-state index contributed by atoms with van der Waals surface area (Å²) < 4.78 is 6.19. The Bertz CT molecular complexity index is 259. The number of carbonyl (C=O) groups excluding carboxylic acids is 1. The average molecular weight is 243 g/mol. The summed E-state index contributed by atoms with van der Waals surface area (Å²) in [6.45, 7) is 1.99. The molecule has 1 rings (SSSR count). The van der Waals surface area contributed by atoms with Gasteiger partial charge in [-0.2, -0.15) is 0 Å². The monoisotopic (exact) mass is 244 g/mol. The number of rotatable bonds is 4. The zero-order chi connectivity index (χ0) is 9.52. The van der Waals surface area contributed by atoms with Crippen LogP contribution in [0, 0.1) is 0 Å². The molecular weight excluding hydrogens is 231 g/mol. The van der Waals surface area contributed by atoms with Gasteiger partial charge in [-0.25, -0.2) is 0 Å². The molecule has 0 fully saturated rings. The third kappa shape index (κ3) is 4.71. The summed E-state index contributed by atoms with van der Waals surface area (Å²) in [4.78, 5) is 10.4. The Morgan fingerprint density at radius 2 is 2.08 bits per heavy atom. The summed E-state index contributed by atoms with van der Waals surface area (Å²) >= 11 is 0.427. The molecule has 0 saturated heterocycles. The van der Waals surface area contributed by atoms with Gasteiger partial charge in [-0.3, -0.25) is 0 Å². The first-order chi connectivity index (χ1) is 6.29. The molecule has 0 N–H and O–H groups in total. The predicted octanol–water partition coefficient (Wildman–Crippen LogP) is 0.997.